The second-order valence-electron chi connectivity index (χ2n) is 13.5. The topological polar surface area (TPSA) is 60.4 Å². The Kier molecular flexibility index (Phi) is 7.70. The van der Waals surface area contributed by atoms with Crippen molar-refractivity contribution in [3.05, 3.63) is 11.6 Å². The standard InChI is InChI=1S/C31H48O4/c1-19(2)8-7-9-20(3)24-10-11-25-23-18-28(33)27-17-22(35-29(34)16-21(4)32)12-14-31(27,6)26(23)13-15-30(24,25)5/h17,19-20,22-26H,7-16,18H2,1-6H3/t20-,22-,23+,24-,25+,26+,30-,31-/m1/s1. The van der Waals surface area contributed by atoms with Crippen LogP contribution in [0.4, 0.5) is 0 Å². The van der Waals surface area contributed by atoms with Crippen molar-refractivity contribution in [1.29, 1.82) is 0 Å². The van der Waals surface area contributed by atoms with Crippen molar-refractivity contribution in [2.75, 3.05) is 0 Å². The Labute approximate surface area is 213 Å². The number of ketones is 2. The molecule has 4 heteroatoms. The van der Waals surface area contributed by atoms with Crippen LogP contribution >= 0.6 is 0 Å². The van der Waals surface area contributed by atoms with Crippen molar-refractivity contribution in [1.82, 2.24) is 0 Å². The molecule has 0 aromatic carbocycles. The number of rotatable bonds is 8. The van der Waals surface area contributed by atoms with Gasteiger partial charge in [0.2, 0.25) is 0 Å². The molecule has 0 aromatic heterocycles. The van der Waals surface area contributed by atoms with Crippen LogP contribution in [0.3, 0.4) is 0 Å². The first-order valence-electron chi connectivity index (χ1n) is 14.4. The molecule has 0 bridgehead atoms. The summed E-state index contributed by atoms with van der Waals surface area (Å²) >= 11 is 0. The van der Waals surface area contributed by atoms with Gasteiger partial charge in [0.25, 0.3) is 0 Å². The average Bonchev–Trinajstić information content (AvgIpc) is 3.11. The first-order chi connectivity index (χ1) is 16.5. The number of esters is 1. The number of hydrogen-bond acceptors (Lipinski definition) is 4. The Balaban J connectivity index is 1.48. The third kappa shape index (κ3) is 5.05. The lowest BCUT2D eigenvalue weighted by Gasteiger charge is -2.58. The van der Waals surface area contributed by atoms with Gasteiger partial charge in [0.1, 0.15) is 18.3 Å². The lowest BCUT2D eigenvalue weighted by molar-refractivity contribution is -0.150. The van der Waals surface area contributed by atoms with Crippen LogP contribution < -0.4 is 0 Å². The fourth-order valence-corrected chi connectivity index (χ4v) is 9.05. The summed E-state index contributed by atoms with van der Waals surface area (Å²) < 4.78 is 5.56. The molecule has 0 aromatic rings. The number of carbonyl (C=O) groups excluding carboxylic acids is 3. The van der Waals surface area contributed by atoms with E-state index in [4.69, 9.17) is 4.74 Å². The molecule has 0 aliphatic heterocycles. The third-order valence-electron chi connectivity index (χ3n) is 10.8. The fraction of sp³-hybridized carbons (Fsp3) is 0.839. The van der Waals surface area contributed by atoms with Gasteiger partial charge < -0.3 is 4.74 Å². The molecule has 4 aliphatic rings. The monoisotopic (exact) mass is 484 g/mol. The summed E-state index contributed by atoms with van der Waals surface area (Å²) in [6, 6.07) is 0. The van der Waals surface area contributed by atoms with Crippen molar-refractivity contribution in [2.45, 2.75) is 118 Å². The molecule has 0 spiro atoms. The van der Waals surface area contributed by atoms with Crippen molar-refractivity contribution in [2.24, 2.45) is 46.3 Å². The van der Waals surface area contributed by atoms with Gasteiger partial charge in [-0.1, -0.05) is 53.9 Å². The molecule has 0 amide bonds. The molecule has 0 saturated heterocycles. The zero-order valence-electron chi connectivity index (χ0n) is 23.0. The second-order valence-corrected chi connectivity index (χ2v) is 13.5. The molecular formula is C31H48O4. The van der Waals surface area contributed by atoms with E-state index in [1.807, 2.05) is 6.08 Å². The summed E-state index contributed by atoms with van der Waals surface area (Å²) in [5.74, 6) is 3.66. The van der Waals surface area contributed by atoms with Gasteiger partial charge in [0.05, 0.1) is 0 Å². The van der Waals surface area contributed by atoms with E-state index in [9.17, 15) is 14.4 Å². The summed E-state index contributed by atoms with van der Waals surface area (Å²) in [6.07, 6.45) is 12.8. The van der Waals surface area contributed by atoms with E-state index in [2.05, 4.69) is 34.6 Å². The van der Waals surface area contributed by atoms with Gasteiger partial charge in [-0.05, 0) is 97.9 Å². The molecule has 4 aliphatic carbocycles. The first kappa shape index (κ1) is 26.6. The fourth-order valence-electron chi connectivity index (χ4n) is 9.05. The lowest BCUT2D eigenvalue weighted by Crippen LogP contribution is -2.53. The minimum atomic E-state index is -0.475. The van der Waals surface area contributed by atoms with Crippen LogP contribution in [0.1, 0.15) is 112 Å². The van der Waals surface area contributed by atoms with Crippen LogP contribution in [-0.2, 0) is 19.1 Å². The molecule has 0 unspecified atom stereocenters. The molecule has 0 N–H and O–H groups in total. The Bertz CT molecular complexity index is 871. The Hall–Kier alpha value is -1.45. The smallest absolute Gasteiger partial charge is 0.313 e. The van der Waals surface area contributed by atoms with Crippen molar-refractivity contribution < 1.29 is 19.1 Å². The Morgan fingerprint density at radius 2 is 1.77 bits per heavy atom. The van der Waals surface area contributed by atoms with Gasteiger partial charge in [-0.3, -0.25) is 14.4 Å². The molecule has 35 heavy (non-hydrogen) atoms. The van der Waals surface area contributed by atoms with Gasteiger partial charge >= 0.3 is 5.97 Å². The Morgan fingerprint density at radius 3 is 2.46 bits per heavy atom. The van der Waals surface area contributed by atoms with Gasteiger partial charge in [0, 0.05) is 12.0 Å². The highest BCUT2D eigenvalue weighted by atomic mass is 16.5. The van der Waals surface area contributed by atoms with E-state index >= 15 is 0 Å². The summed E-state index contributed by atoms with van der Waals surface area (Å²) in [7, 11) is 0. The van der Waals surface area contributed by atoms with E-state index in [1.54, 1.807) is 0 Å². The average molecular weight is 485 g/mol. The highest BCUT2D eigenvalue weighted by Gasteiger charge is 2.61. The van der Waals surface area contributed by atoms with Crippen LogP contribution in [0.5, 0.6) is 0 Å². The quantitative estimate of drug-likeness (QED) is 0.272. The van der Waals surface area contributed by atoms with Crippen LogP contribution in [0.2, 0.25) is 0 Å². The van der Waals surface area contributed by atoms with Crippen LogP contribution in [-0.4, -0.2) is 23.6 Å². The van der Waals surface area contributed by atoms with Crippen LogP contribution in [0.25, 0.3) is 0 Å². The van der Waals surface area contributed by atoms with Gasteiger partial charge in [-0.2, -0.15) is 0 Å². The number of hydrogen-bond donors (Lipinski definition) is 0. The molecule has 0 radical (unpaired) electrons. The molecule has 8 atom stereocenters. The van der Waals surface area contributed by atoms with Gasteiger partial charge in [0.15, 0.2) is 5.78 Å². The number of fused-ring (bicyclic) bond motifs is 5. The third-order valence-corrected chi connectivity index (χ3v) is 10.8. The maximum Gasteiger partial charge on any atom is 0.313 e. The Morgan fingerprint density at radius 1 is 1.03 bits per heavy atom. The zero-order chi connectivity index (χ0) is 25.5. The molecule has 3 fully saturated rings. The van der Waals surface area contributed by atoms with Gasteiger partial charge in [-0.15, -0.1) is 0 Å². The number of carbonyl (C=O) groups is 3. The minimum absolute atomic E-state index is 0.105. The summed E-state index contributed by atoms with van der Waals surface area (Å²) in [5, 5.41) is 0. The molecule has 4 nitrogen and oxygen atoms in total. The highest BCUT2D eigenvalue weighted by molar-refractivity contribution is 5.98. The van der Waals surface area contributed by atoms with Crippen molar-refractivity contribution >= 4 is 17.5 Å². The van der Waals surface area contributed by atoms with Gasteiger partial charge in [-0.25, -0.2) is 0 Å². The summed E-state index contributed by atoms with van der Waals surface area (Å²) in [6.45, 7) is 13.4. The van der Waals surface area contributed by atoms with Crippen molar-refractivity contribution in [3.63, 3.8) is 0 Å². The molecule has 4 rings (SSSR count). The van der Waals surface area contributed by atoms with Crippen LogP contribution in [0, 0.1) is 46.3 Å². The second kappa shape index (κ2) is 10.1. The van der Waals surface area contributed by atoms with Crippen LogP contribution in [0.15, 0.2) is 11.6 Å². The number of ether oxygens (including phenoxy) is 1. The first-order valence-corrected chi connectivity index (χ1v) is 14.4. The zero-order valence-corrected chi connectivity index (χ0v) is 23.0. The minimum Gasteiger partial charge on any atom is -0.458 e. The molecular weight excluding hydrogens is 436 g/mol. The molecule has 3 saturated carbocycles. The number of allylic oxidation sites excluding steroid dienone is 1. The number of Topliss-reactive ketones (excluding diaryl/α,β-unsaturated/α-hetero) is 2. The maximum absolute atomic E-state index is 13.5. The summed E-state index contributed by atoms with van der Waals surface area (Å²) in [4.78, 5) is 36.9. The summed E-state index contributed by atoms with van der Waals surface area (Å²) in [5.41, 5.74) is 1.17. The SMILES string of the molecule is CC(=O)CC(=O)O[C@H]1C=C2C(=O)C[C@H]3[C@@H]4CC[C@H]([C@H](C)CCCC(C)C)[C@@]4(C)CC[C@@H]3[C@@]2(C)CC1. The predicted octanol–water partition coefficient (Wildman–Crippen LogP) is 7.10. The normalized spacial score (nSPS) is 39.3. The predicted molar refractivity (Wildman–Crippen MR) is 139 cm³/mol. The van der Waals surface area contributed by atoms with E-state index in [0.29, 0.717) is 29.6 Å². The van der Waals surface area contributed by atoms with E-state index < -0.39 is 5.97 Å². The molecule has 0 heterocycles. The van der Waals surface area contributed by atoms with E-state index in [0.717, 1.165) is 36.2 Å². The molecule has 196 valence electrons. The van der Waals surface area contributed by atoms with E-state index in [1.165, 1.54) is 51.9 Å². The lowest BCUT2D eigenvalue weighted by atomic mass is 9.46. The highest BCUT2D eigenvalue weighted by Crippen LogP contribution is 2.67. The van der Waals surface area contributed by atoms with Crippen molar-refractivity contribution in [3.8, 4) is 0 Å². The maximum atomic E-state index is 13.5. The van der Waals surface area contributed by atoms with E-state index in [-0.39, 0.29) is 29.5 Å². The largest absolute Gasteiger partial charge is 0.458 e.